The number of nitrogens with zero attached hydrogens (tertiary/aromatic N) is 2. The van der Waals surface area contributed by atoms with Crippen LogP contribution in [0.5, 0.6) is 0 Å². The molecule has 2 heterocycles. The summed E-state index contributed by atoms with van der Waals surface area (Å²) in [6.45, 7) is 0.651. The number of thiophene rings is 1. The van der Waals surface area contributed by atoms with Crippen molar-refractivity contribution in [3.63, 3.8) is 0 Å². The molecule has 0 atom stereocenters. The average Bonchev–Trinajstić information content (AvgIpc) is 2.92. The Hall–Kier alpha value is -2.09. The van der Waals surface area contributed by atoms with Crippen molar-refractivity contribution in [1.82, 2.24) is 4.98 Å². The Morgan fingerprint density at radius 2 is 2.20 bits per heavy atom. The first-order valence-electron chi connectivity index (χ1n) is 6.03. The molecule has 0 bridgehead atoms. The summed E-state index contributed by atoms with van der Waals surface area (Å²) in [5.74, 6) is 0. The quantitative estimate of drug-likeness (QED) is 0.778. The first kappa shape index (κ1) is 12.9. The number of rotatable bonds is 3. The van der Waals surface area contributed by atoms with Crippen LogP contribution >= 0.6 is 22.9 Å². The van der Waals surface area contributed by atoms with E-state index in [0.717, 1.165) is 26.3 Å². The van der Waals surface area contributed by atoms with E-state index in [1.807, 2.05) is 36.4 Å². The van der Waals surface area contributed by atoms with E-state index in [1.165, 1.54) is 11.3 Å². The van der Waals surface area contributed by atoms with Crippen molar-refractivity contribution in [1.29, 1.82) is 5.26 Å². The number of pyridine rings is 1. The molecule has 0 aliphatic carbocycles. The molecule has 0 aliphatic rings. The Bertz CT molecular complexity index is 804. The molecule has 0 spiro atoms. The Labute approximate surface area is 125 Å². The number of fused-ring (bicyclic) bond motifs is 1. The summed E-state index contributed by atoms with van der Waals surface area (Å²) in [6.07, 6.45) is 1.76. The van der Waals surface area contributed by atoms with Crippen molar-refractivity contribution >= 4 is 39.5 Å². The van der Waals surface area contributed by atoms with Crippen LogP contribution in [-0.4, -0.2) is 4.98 Å². The Balaban J connectivity index is 1.89. The van der Waals surface area contributed by atoms with Crippen LogP contribution in [0.25, 0.3) is 10.9 Å². The third kappa shape index (κ3) is 2.60. The summed E-state index contributed by atoms with van der Waals surface area (Å²) in [7, 11) is 0. The zero-order chi connectivity index (χ0) is 13.9. The maximum absolute atomic E-state index is 8.83. The van der Waals surface area contributed by atoms with E-state index in [0.29, 0.717) is 11.6 Å². The molecule has 20 heavy (non-hydrogen) atoms. The van der Waals surface area contributed by atoms with Gasteiger partial charge in [-0.25, -0.2) is 0 Å². The predicted octanol–water partition coefficient (Wildman–Crippen LogP) is 4.43. The molecule has 1 N–H and O–H groups in total. The van der Waals surface area contributed by atoms with E-state index in [4.69, 9.17) is 16.9 Å². The van der Waals surface area contributed by atoms with Gasteiger partial charge in [0, 0.05) is 28.0 Å². The van der Waals surface area contributed by atoms with Crippen LogP contribution in [0.3, 0.4) is 0 Å². The highest BCUT2D eigenvalue weighted by Gasteiger charge is 2.05. The van der Waals surface area contributed by atoms with Gasteiger partial charge >= 0.3 is 0 Å². The fourth-order valence-electron chi connectivity index (χ4n) is 2.01. The van der Waals surface area contributed by atoms with Crippen molar-refractivity contribution in [2.75, 3.05) is 5.32 Å². The van der Waals surface area contributed by atoms with E-state index in [1.54, 1.807) is 6.20 Å². The maximum Gasteiger partial charge on any atom is 0.110 e. The van der Waals surface area contributed by atoms with E-state index < -0.39 is 0 Å². The Morgan fingerprint density at radius 3 is 3.00 bits per heavy atom. The lowest BCUT2D eigenvalue weighted by molar-refractivity contribution is 1.19. The molecule has 0 unspecified atom stereocenters. The van der Waals surface area contributed by atoms with Gasteiger partial charge in [-0.1, -0.05) is 17.7 Å². The average molecular weight is 300 g/mol. The van der Waals surface area contributed by atoms with Gasteiger partial charge in [0.25, 0.3) is 0 Å². The Kier molecular flexibility index (Phi) is 3.55. The number of nitriles is 1. The topological polar surface area (TPSA) is 48.7 Å². The van der Waals surface area contributed by atoms with E-state index in [9.17, 15) is 0 Å². The summed E-state index contributed by atoms with van der Waals surface area (Å²) in [5, 5.41) is 13.8. The van der Waals surface area contributed by atoms with Gasteiger partial charge in [0.05, 0.1) is 11.2 Å². The molecule has 3 nitrogen and oxygen atoms in total. The van der Waals surface area contributed by atoms with Gasteiger partial charge in [0.1, 0.15) is 10.9 Å². The first-order valence-corrected chi connectivity index (χ1v) is 7.22. The van der Waals surface area contributed by atoms with Gasteiger partial charge in [-0.15, -0.1) is 11.3 Å². The summed E-state index contributed by atoms with van der Waals surface area (Å²) in [4.78, 5) is 6.21. The number of aromatic nitrogens is 1. The van der Waals surface area contributed by atoms with Crippen molar-refractivity contribution in [2.24, 2.45) is 0 Å². The highest BCUT2D eigenvalue weighted by Crippen LogP contribution is 2.27. The van der Waals surface area contributed by atoms with Gasteiger partial charge in [-0.2, -0.15) is 5.26 Å². The maximum atomic E-state index is 8.83. The van der Waals surface area contributed by atoms with Gasteiger partial charge < -0.3 is 5.32 Å². The minimum atomic E-state index is 0.651. The molecule has 98 valence electrons. The van der Waals surface area contributed by atoms with Gasteiger partial charge in [0.15, 0.2) is 0 Å². The summed E-state index contributed by atoms with van der Waals surface area (Å²) >= 11 is 7.61. The minimum Gasteiger partial charge on any atom is -0.378 e. The molecule has 0 aliphatic heterocycles. The second-order valence-corrected chi connectivity index (χ2v) is 5.86. The number of anilines is 1. The van der Waals surface area contributed by atoms with Crippen molar-refractivity contribution < 1.29 is 0 Å². The summed E-state index contributed by atoms with van der Waals surface area (Å²) in [6, 6.07) is 13.6. The molecule has 0 saturated carbocycles. The van der Waals surface area contributed by atoms with Crippen LogP contribution in [0.15, 0.2) is 42.6 Å². The van der Waals surface area contributed by atoms with Gasteiger partial charge in [-0.3, -0.25) is 4.98 Å². The fourth-order valence-corrected chi connectivity index (χ4v) is 2.98. The van der Waals surface area contributed by atoms with Crippen LogP contribution in [0, 0.1) is 11.3 Å². The van der Waals surface area contributed by atoms with E-state index >= 15 is 0 Å². The largest absolute Gasteiger partial charge is 0.378 e. The summed E-state index contributed by atoms with van der Waals surface area (Å²) in [5.41, 5.74) is 1.80. The standard InChI is InChI=1S/C15H10ClN3S/c16-11-6-10-2-1-5-18-15(10)14(7-11)19-9-13-4-3-12(8-17)20-13/h1-7,19H,9H2. The van der Waals surface area contributed by atoms with Crippen molar-refractivity contribution in [3.05, 3.63) is 57.4 Å². The van der Waals surface area contributed by atoms with Crippen LogP contribution < -0.4 is 5.32 Å². The third-order valence-corrected chi connectivity index (χ3v) is 4.10. The number of benzene rings is 1. The molecular formula is C15H10ClN3S. The molecule has 0 amide bonds. The lowest BCUT2D eigenvalue weighted by Gasteiger charge is -2.08. The predicted molar refractivity (Wildman–Crippen MR) is 83.1 cm³/mol. The normalized spacial score (nSPS) is 10.4. The van der Waals surface area contributed by atoms with Crippen LogP contribution in [-0.2, 0) is 6.54 Å². The fraction of sp³-hybridized carbons (Fsp3) is 0.0667. The third-order valence-electron chi connectivity index (χ3n) is 2.89. The van der Waals surface area contributed by atoms with E-state index in [-0.39, 0.29) is 0 Å². The van der Waals surface area contributed by atoms with E-state index in [2.05, 4.69) is 16.4 Å². The zero-order valence-electron chi connectivity index (χ0n) is 10.4. The Morgan fingerprint density at radius 1 is 1.30 bits per heavy atom. The molecule has 1 aromatic carbocycles. The minimum absolute atomic E-state index is 0.651. The van der Waals surface area contributed by atoms with Crippen molar-refractivity contribution in [2.45, 2.75) is 6.54 Å². The molecule has 3 rings (SSSR count). The molecule has 3 aromatic rings. The summed E-state index contributed by atoms with van der Waals surface area (Å²) < 4.78 is 0. The molecule has 2 aromatic heterocycles. The van der Waals surface area contributed by atoms with Crippen LogP contribution in [0.4, 0.5) is 5.69 Å². The highest BCUT2D eigenvalue weighted by molar-refractivity contribution is 7.12. The SMILES string of the molecule is N#Cc1ccc(CNc2cc(Cl)cc3cccnc23)s1. The molecule has 0 radical (unpaired) electrons. The zero-order valence-corrected chi connectivity index (χ0v) is 12.0. The van der Waals surface area contributed by atoms with Crippen LogP contribution in [0.1, 0.15) is 9.75 Å². The highest BCUT2D eigenvalue weighted by atomic mass is 35.5. The lowest BCUT2D eigenvalue weighted by atomic mass is 10.2. The molecular weight excluding hydrogens is 290 g/mol. The van der Waals surface area contributed by atoms with Gasteiger partial charge in [-0.05, 0) is 30.3 Å². The molecule has 0 saturated heterocycles. The van der Waals surface area contributed by atoms with Gasteiger partial charge in [0.2, 0.25) is 0 Å². The molecule has 0 fully saturated rings. The number of hydrogen-bond donors (Lipinski definition) is 1. The lowest BCUT2D eigenvalue weighted by Crippen LogP contribution is -1.99. The van der Waals surface area contributed by atoms with Crippen molar-refractivity contribution in [3.8, 4) is 6.07 Å². The van der Waals surface area contributed by atoms with Crippen LogP contribution in [0.2, 0.25) is 5.02 Å². The number of halogens is 1. The molecule has 5 heteroatoms. The monoisotopic (exact) mass is 299 g/mol. The number of nitrogens with one attached hydrogen (secondary N) is 1. The first-order chi connectivity index (χ1) is 9.76. The number of hydrogen-bond acceptors (Lipinski definition) is 4. The second kappa shape index (κ2) is 5.49. The smallest absolute Gasteiger partial charge is 0.110 e. The second-order valence-electron chi connectivity index (χ2n) is 4.26.